The molecule has 0 aromatic heterocycles. The average molecular weight is 436 g/mol. The molecular formula is C18H14BrNO3S2. The van der Waals surface area contributed by atoms with Gasteiger partial charge in [-0.2, -0.15) is 0 Å². The van der Waals surface area contributed by atoms with Gasteiger partial charge in [-0.15, -0.1) is 0 Å². The third-order valence-electron chi connectivity index (χ3n) is 3.23. The lowest BCUT2D eigenvalue weighted by atomic mass is 10.2. The van der Waals surface area contributed by atoms with Crippen molar-refractivity contribution in [2.75, 3.05) is 13.2 Å². The standard InChI is InChI=1S/C18H14BrNO3S2/c19-13-4-6-14(7-5-13)22-8-9-23-15-3-1-2-12(10-15)11-16-17(21)20-18(24)25-16/h1-7,10-11H,8-9H2,(H,20,21,24). The summed E-state index contributed by atoms with van der Waals surface area (Å²) < 4.78 is 12.8. The van der Waals surface area contributed by atoms with Crippen molar-refractivity contribution in [3.05, 3.63) is 63.5 Å². The molecule has 25 heavy (non-hydrogen) atoms. The number of benzene rings is 2. The molecule has 1 saturated heterocycles. The largest absolute Gasteiger partial charge is 0.490 e. The summed E-state index contributed by atoms with van der Waals surface area (Å²) in [6.07, 6.45) is 1.80. The number of carbonyl (C=O) groups excluding carboxylic acids is 1. The second-order valence-electron chi connectivity index (χ2n) is 5.08. The zero-order chi connectivity index (χ0) is 17.6. The van der Waals surface area contributed by atoms with Crippen molar-refractivity contribution in [1.82, 2.24) is 5.32 Å². The van der Waals surface area contributed by atoms with E-state index in [1.54, 1.807) is 6.08 Å². The van der Waals surface area contributed by atoms with Crippen molar-refractivity contribution in [1.29, 1.82) is 0 Å². The minimum atomic E-state index is -0.163. The zero-order valence-electron chi connectivity index (χ0n) is 13.0. The summed E-state index contributed by atoms with van der Waals surface area (Å²) in [6.45, 7) is 0.870. The van der Waals surface area contributed by atoms with Gasteiger partial charge in [0.1, 0.15) is 29.0 Å². The minimum absolute atomic E-state index is 0.163. The molecule has 3 rings (SSSR count). The maximum Gasteiger partial charge on any atom is 0.263 e. The van der Waals surface area contributed by atoms with Gasteiger partial charge in [-0.05, 0) is 48.0 Å². The van der Waals surface area contributed by atoms with Crippen molar-refractivity contribution in [3.63, 3.8) is 0 Å². The van der Waals surface area contributed by atoms with E-state index in [9.17, 15) is 4.79 Å². The first-order valence-corrected chi connectivity index (χ1v) is 9.48. The van der Waals surface area contributed by atoms with Crippen LogP contribution in [0.2, 0.25) is 0 Å². The molecule has 0 unspecified atom stereocenters. The van der Waals surface area contributed by atoms with Gasteiger partial charge in [0.05, 0.1) is 4.91 Å². The summed E-state index contributed by atoms with van der Waals surface area (Å²) in [5, 5.41) is 2.60. The molecule has 2 aromatic rings. The Balaban J connectivity index is 1.53. The molecule has 1 fully saturated rings. The van der Waals surface area contributed by atoms with Crippen molar-refractivity contribution < 1.29 is 14.3 Å². The van der Waals surface area contributed by atoms with Crippen LogP contribution in [0.25, 0.3) is 6.08 Å². The predicted molar refractivity (Wildman–Crippen MR) is 108 cm³/mol. The van der Waals surface area contributed by atoms with Crippen LogP contribution < -0.4 is 14.8 Å². The van der Waals surface area contributed by atoms with Gasteiger partial charge in [0, 0.05) is 4.47 Å². The summed E-state index contributed by atoms with van der Waals surface area (Å²) in [5.74, 6) is 1.36. The van der Waals surface area contributed by atoms with E-state index >= 15 is 0 Å². The summed E-state index contributed by atoms with van der Waals surface area (Å²) in [6, 6.07) is 15.2. The molecule has 1 aliphatic rings. The first kappa shape index (κ1) is 18.0. The van der Waals surface area contributed by atoms with Gasteiger partial charge in [0.15, 0.2) is 0 Å². The molecule has 7 heteroatoms. The van der Waals surface area contributed by atoms with E-state index in [0.29, 0.717) is 22.4 Å². The topological polar surface area (TPSA) is 47.6 Å². The molecule has 2 aromatic carbocycles. The van der Waals surface area contributed by atoms with E-state index in [2.05, 4.69) is 21.2 Å². The van der Waals surface area contributed by atoms with Crippen LogP contribution in [0.15, 0.2) is 57.9 Å². The molecular weight excluding hydrogens is 422 g/mol. The smallest absolute Gasteiger partial charge is 0.263 e. The Morgan fingerprint density at radius 1 is 1.08 bits per heavy atom. The van der Waals surface area contributed by atoms with Gasteiger partial charge in [0.25, 0.3) is 5.91 Å². The van der Waals surface area contributed by atoms with E-state index in [4.69, 9.17) is 21.7 Å². The Kier molecular flexibility index (Phi) is 6.12. The van der Waals surface area contributed by atoms with Crippen LogP contribution in [0, 0.1) is 0 Å². The normalized spacial score (nSPS) is 15.3. The maximum atomic E-state index is 11.7. The Labute approximate surface area is 163 Å². The number of thiocarbonyl (C=S) groups is 1. The number of ether oxygens (including phenoxy) is 2. The SMILES string of the molecule is O=C1NC(=S)SC1=Cc1cccc(OCCOc2ccc(Br)cc2)c1. The molecule has 1 N–H and O–H groups in total. The summed E-state index contributed by atoms with van der Waals surface area (Å²) in [5.41, 5.74) is 0.883. The molecule has 0 saturated carbocycles. The number of hydrogen-bond donors (Lipinski definition) is 1. The van der Waals surface area contributed by atoms with Crippen molar-refractivity contribution >= 4 is 56.2 Å². The van der Waals surface area contributed by atoms with E-state index in [1.807, 2.05) is 48.5 Å². The maximum absolute atomic E-state index is 11.7. The van der Waals surface area contributed by atoms with Gasteiger partial charge >= 0.3 is 0 Å². The number of halogens is 1. The van der Waals surface area contributed by atoms with Gasteiger partial charge in [-0.3, -0.25) is 4.79 Å². The second-order valence-corrected chi connectivity index (χ2v) is 7.71. The molecule has 0 spiro atoms. The Hall–Kier alpha value is -1.83. The second kappa shape index (κ2) is 8.51. The molecule has 0 aliphatic carbocycles. The summed E-state index contributed by atoms with van der Waals surface area (Å²) >= 11 is 9.63. The highest BCUT2D eigenvalue weighted by Gasteiger charge is 2.21. The van der Waals surface area contributed by atoms with Crippen LogP contribution in [0.4, 0.5) is 0 Å². The molecule has 1 aliphatic heterocycles. The third kappa shape index (κ3) is 5.32. The number of amides is 1. The molecule has 128 valence electrons. The highest BCUT2D eigenvalue weighted by Crippen LogP contribution is 2.26. The lowest BCUT2D eigenvalue weighted by Crippen LogP contribution is -2.17. The quantitative estimate of drug-likeness (QED) is 0.414. The molecule has 0 bridgehead atoms. The van der Waals surface area contributed by atoms with Crippen LogP contribution in [0.3, 0.4) is 0 Å². The Morgan fingerprint density at radius 3 is 2.48 bits per heavy atom. The van der Waals surface area contributed by atoms with E-state index < -0.39 is 0 Å². The van der Waals surface area contributed by atoms with Gasteiger partial charge in [-0.25, -0.2) is 0 Å². The fourth-order valence-corrected chi connectivity index (χ4v) is 3.42. The van der Waals surface area contributed by atoms with Crippen molar-refractivity contribution in [2.45, 2.75) is 0 Å². The molecule has 0 atom stereocenters. The fraction of sp³-hybridized carbons (Fsp3) is 0.111. The molecule has 4 nitrogen and oxygen atoms in total. The van der Waals surface area contributed by atoms with Crippen LogP contribution in [-0.4, -0.2) is 23.4 Å². The van der Waals surface area contributed by atoms with Gasteiger partial charge < -0.3 is 14.8 Å². The van der Waals surface area contributed by atoms with Gasteiger partial charge in [0.2, 0.25) is 0 Å². The van der Waals surface area contributed by atoms with Gasteiger partial charge in [-0.1, -0.05) is 52.0 Å². The van der Waals surface area contributed by atoms with Crippen LogP contribution in [0.5, 0.6) is 11.5 Å². The van der Waals surface area contributed by atoms with Crippen LogP contribution in [-0.2, 0) is 4.79 Å². The highest BCUT2D eigenvalue weighted by atomic mass is 79.9. The average Bonchev–Trinajstić information content (AvgIpc) is 2.91. The van der Waals surface area contributed by atoms with Crippen molar-refractivity contribution in [3.8, 4) is 11.5 Å². The molecule has 1 heterocycles. The number of rotatable bonds is 6. The Bertz CT molecular complexity index is 821. The monoisotopic (exact) mass is 435 g/mol. The first-order chi connectivity index (χ1) is 12.1. The highest BCUT2D eigenvalue weighted by molar-refractivity contribution is 9.10. The lowest BCUT2D eigenvalue weighted by Gasteiger charge is -2.09. The third-order valence-corrected chi connectivity index (χ3v) is 4.92. The lowest BCUT2D eigenvalue weighted by molar-refractivity contribution is -0.115. The predicted octanol–water partition coefficient (Wildman–Crippen LogP) is 4.40. The van der Waals surface area contributed by atoms with Crippen LogP contribution >= 0.6 is 39.9 Å². The van der Waals surface area contributed by atoms with E-state index in [-0.39, 0.29) is 5.91 Å². The Morgan fingerprint density at radius 2 is 1.80 bits per heavy atom. The van der Waals surface area contributed by atoms with Crippen molar-refractivity contribution in [2.24, 2.45) is 0 Å². The summed E-state index contributed by atoms with van der Waals surface area (Å²) in [4.78, 5) is 12.3. The number of hydrogen-bond acceptors (Lipinski definition) is 5. The fourth-order valence-electron chi connectivity index (χ4n) is 2.12. The van der Waals surface area contributed by atoms with E-state index in [0.717, 1.165) is 21.5 Å². The number of thioether (sulfide) groups is 1. The first-order valence-electron chi connectivity index (χ1n) is 7.46. The molecule has 1 amide bonds. The number of carbonyl (C=O) groups is 1. The zero-order valence-corrected chi connectivity index (χ0v) is 16.2. The minimum Gasteiger partial charge on any atom is -0.490 e. The molecule has 0 radical (unpaired) electrons. The summed E-state index contributed by atoms with van der Waals surface area (Å²) in [7, 11) is 0. The number of nitrogens with one attached hydrogen (secondary N) is 1. The van der Waals surface area contributed by atoms with E-state index in [1.165, 1.54) is 11.8 Å². The van der Waals surface area contributed by atoms with Crippen LogP contribution in [0.1, 0.15) is 5.56 Å².